The van der Waals surface area contributed by atoms with E-state index in [2.05, 4.69) is 21.2 Å². The van der Waals surface area contributed by atoms with Crippen LogP contribution in [0.5, 0.6) is 0 Å². The van der Waals surface area contributed by atoms with Crippen molar-refractivity contribution in [1.82, 2.24) is 9.88 Å². The molecule has 0 saturated heterocycles. The van der Waals surface area contributed by atoms with Crippen molar-refractivity contribution in [2.24, 2.45) is 7.05 Å². The molecule has 0 atom stereocenters. The van der Waals surface area contributed by atoms with Crippen LogP contribution in [0.3, 0.4) is 0 Å². The van der Waals surface area contributed by atoms with Crippen molar-refractivity contribution >= 4 is 33.4 Å². The average molecular weight is 328 g/mol. The molecular weight excluding hydrogens is 316 g/mol. The Hall–Kier alpha value is -1.26. The molecule has 2 rings (SSSR count). The summed E-state index contributed by atoms with van der Waals surface area (Å²) in [6.45, 7) is 0.503. The van der Waals surface area contributed by atoms with Gasteiger partial charge < -0.3 is 9.88 Å². The van der Waals surface area contributed by atoms with E-state index in [-0.39, 0.29) is 5.91 Å². The van der Waals surface area contributed by atoms with Crippen LogP contribution in [-0.4, -0.2) is 10.5 Å². The highest BCUT2D eigenvalue weighted by atomic mass is 79.9. The molecule has 0 aliphatic carbocycles. The predicted molar refractivity (Wildman–Crippen MR) is 75.7 cm³/mol. The second kappa shape index (κ2) is 5.59. The molecule has 18 heavy (non-hydrogen) atoms. The van der Waals surface area contributed by atoms with Crippen LogP contribution in [0.4, 0.5) is 0 Å². The second-order valence-corrected chi connectivity index (χ2v) is 5.18. The third-order valence-electron chi connectivity index (χ3n) is 2.66. The second-order valence-electron chi connectivity index (χ2n) is 3.92. The molecule has 1 N–H and O–H groups in total. The standard InChI is InChI=1S/C13H12BrClN2O/c1-17-6-2-3-10(17)8-16-13(18)9-4-5-12(15)11(14)7-9/h2-7H,8H2,1H3,(H,16,18). The molecule has 1 heterocycles. The summed E-state index contributed by atoms with van der Waals surface area (Å²) in [5.41, 5.74) is 1.64. The van der Waals surface area contributed by atoms with E-state index in [1.165, 1.54) is 0 Å². The number of aromatic nitrogens is 1. The molecular formula is C13H12BrClN2O. The fraction of sp³-hybridized carbons (Fsp3) is 0.154. The number of amides is 1. The third kappa shape index (κ3) is 2.94. The minimum atomic E-state index is -0.117. The van der Waals surface area contributed by atoms with Crippen molar-refractivity contribution < 1.29 is 4.79 Å². The van der Waals surface area contributed by atoms with Gasteiger partial charge in [0, 0.05) is 29.0 Å². The Bertz CT molecular complexity index is 580. The van der Waals surface area contributed by atoms with Crippen LogP contribution in [0, 0.1) is 0 Å². The summed E-state index contributed by atoms with van der Waals surface area (Å²) < 4.78 is 2.69. The zero-order valence-electron chi connectivity index (χ0n) is 9.78. The molecule has 0 spiro atoms. The van der Waals surface area contributed by atoms with Gasteiger partial charge in [-0.3, -0.25) is 4.79 Å². The van der Waals surface area contributed by atoms with Crippen LogP contribution >= 0.6 is 27.5 Å². The number of carbonyl (C=O) groups is 1. The number of nitrogens with zero attached hydrogens (tertiary/aromatic N) is 1. The van der Waals surface area contributed by atoms with Gasteiger partial charge in [-0.05, 0) is 46.3 Å². The summed E-state index contributed by atoms with van der Waals surface area (Å²) >= 11 is 9.18. The van der Waals surface area contributed by atoms with Gasteiger partial charge in [-0.15, -0.1) is 0 Å². The lowest BCUT2D eigenvalue weighted by molar-refractivity contribution is 0.0950. The molecule has 0 unspecified atom stereocenters. The first-order chi connectivity index (χ1) is 8.58. The molecule has 0 aliphatic heterocycles. The zero-order valence-corrected chi connectivity index (χ0v) is 12.1. The summed E-state index contributed by atoms with van der Waals surface area (Å²) in [6.07, 6.45) is 1.94. The fourth-order valence-corrected chi connectivity index (χ4v) is 2.09. The van der Waals surface area contributed by atoms with Crippen LogP contribution in [0.2, 0.25) is 5.02 Å². The topological polar surface area (TPSA) is 34.0 Å². The van der Waals surface area contributed by atoms with E-state index in [1.54, 1.807) is 18.2 Å². The maximum Gasteiger partial charge on any atom is 0.251 e. The maximum atomic E-state index is 11.9. The van der Waals surface area contributed by atoms with E-state index in [4.69, 9.17) is 11.6 Å². The summed E-state index contributed by atoms with van der Waals surface area (Å²) in [7, 11) is 1.94. The average Bonchev–Trinajstić information content (AvgIpc) is 2.75. The van der Waals surface area contributed by atoms with Gasteiger partial charge in [0.05, 0.1) is 11.6 Å². The lowest BCUT2D eigenvalue weighted by atomic mass is 10.2. The SMILES string of the molecule is Cn1cccc1CNC(=O)c1ccc(Cl)c(Br)c1. The lowest BCUT2D eigenvalue weighted by Crippen LogP contribution is -2.23. The molecule has 1 aromatic heterocycles. The largest absolute Gasteiger partial charge is 0.353 e. The van der Waals surface area contributed by atoms with Crippen LogP contribution in [0.25, 0.3) is 0 Å². The molecule has 1 aromatic carbocycles. The van der Waals surface area contributed by atoms with E-state index in [9.17, 15) is 4.79 Å². The zero-order chi connectivity index (χ0) is 13.1. The van der Waals surface area contributed by atoms with Crippen LogP contribution in [0.1, 0.15) is 16.1 Å². The van der Waals surface area contributed by atoms with Gasteiger partial charge in [-0.25, -0.2) is 0 Å². The molecule has 0 aliphatic rings. The summed E-state index contributed by atoms with van der Waals surface area (Å²) in [5.74, 6) is -0.117. The van der Waals surface area contributed by atoms with Gasteiger partial charge in [0.2, 0.25) is 0 Å². The molecule has 94 valence electrons. The van der Waals surface area contributed by atoms with Gasteiger partial charge in [0.15, 0.2) is 0 Å². The summed E-state index contributed by atoms with van der Waals surface area (Å²) in [4.78, 5) is 11.9. The molecule has 1 amide bonds. The van der Waals surface area contributed by atoms with E-state index in [0.29, 0.717) is 17.1 Å². The van der Waals surface area contributed by atoms with Gasteiger partial charge in [0.25, 0.3) is 5.91 Å². The monoisotopic (exact) mass is 326 g/mol. The van der Waals surface area contributed by atoms with Crippen molar-refractivity contribution in [2.45, 2.75) is 6.54 Å². The first-order valence-electron chi connectivity index (χ1n) is 5.41. The van der Waals surface area contributed by atoms with E-state index >= 15 is 0 Å². The molecule has 0 fully saturated rings. The lowest BCUT2D eigenvalue weighted by Gasteiger charge is -2.07. The van der Waals surface area contributed by atoms with Crippen molar-refractivity contribution in [2.75, 3.05) is 0 Å². The summed E-state index contributed by atoms with van der Waals surface area (Å²) in [5, 5.41) is 3.46. The van der Waals surface area contributed by atoms with Crippen molar-refractivity contribution in [1.29, 1.82) is 0 Å². The van der Waals surface area contributed by atoms with E-state index < -0.39 is 0 Å². The number of rotatable bonds is 3. The number of benzene rings is 1. The third-order valence-corrected chi connectivity index (χ3v) is 3.88. The van der Waals surface area contributed by atoms with Gasteiger partial charge in [-0.1, -0.05) is 11.6 Å². The molecule has 5 heteroatoms. The Kier molecular flexibility index (Phi) is 4.09. The maximum absolute atomic E-state index is 11.9. The minimum Gasteiger partial charge on any atom is -0.353 e. The van der Waals surface area contributed by atoms with Crippen molar-refractivity contribution in [3.05, 3.63) is 57.3 Å². The molecule has 3 nitrogen and oxygen atoms in total. The van der Waals surface area contributed by atoms with Gasteiger partial charge in [0.1, 0.15) is 0 Å². The molecule has 0 bridgehead atoms. The molecule has 2 aromatic rings. The first kappa shape index (κ1) is 13.2. The highest BCUT2D eigenvalue weighted by molar-refractivity contribution is 9.10. The van der Waals surface area contributed by atoms with E-state index in [0.717, 1.165) is 10.2 Å². The van der Waals surface area contributed by atoms with Crippen molar-refractivity contribution in [3.63, 3.8) is 0 Å². The number of hydrogen-bond acceptors (Lipinski definition) is 1. The summed E-state index contributed by atoms with van der Waals surface area (Å²) in [6, 6.07) is 9.03. The number of hydrogen-bond donors (Lipinski definition) is 1. The van der Waals surface area contributed by atoms with Crippen LogP contribution in [0.15, 0.2) is 41.0 Å². The van der Waals surface area contributed by atoms with Gasteiger partial charge in [-0.2, -0.15) is 0 Å². The van der Waals surface area contributed by atoms with E-state index in [1.807, 2.05) is 29.9 Å². The van der Waals surface area contributed by atoms with Gasteiger partial charge >= 0.3 is 0 Å². The highest BCUT2D eigenvalue weighted by Gasteiger charge is 2.08. The first-order valence-corrected chi connectivity index (χ1v) is 6.58. The number of halogens is 2. The Morgan fingerprint density at radius 2 is 2.22 bits per heavy atom. The Morgan fingerprint density at radius 1 is 1.44 bits per heavy atom. The quantitative estimate of drug-likeness (QED) is 0.921. The molecule has 0 saturated carbocycles. The Labute approximate surface area is 119 Å². The fourth-order valence-electron chi connectivity index (χ4n) is 1.59. The van der Waals surface area contributed by atoms with Crippen LogP contribution < -0.4 is 5.32 Å². The highest BCUT2D eigenvalue weighted by Crippen LogP contribution is 2.23. The predicted octanol–water partition coefficient (Wildman–Crippen LogP) is 3.37. The number of carbonyl (C=O) groups excluding carboxylic acids is 1. The number of aryl methyl sites for hydroxylation is 1. The molecule has 0 radical (unpaired) electrons. The normalized spacial score (nSPS) is 10.4. The smallest absolute Gasteiger partial charge is 0.251 e. The number of nitrogens with one attached hydrogen (secondary N) is 1. The van der Waals surface area contributed by atoms with Crippen LogP contribution in [-0.2, 0) is 13.6 Å². The Balaban J connectivity index is 2.04. The Morgan fingerprint density at radius 3 is 2.83 bits per heavy atom. The minimum absolute atomic E-state index is 0.117. The van der Waals surface area contributed by atoms with Crippen molar-refractivity contribution in [3.8, 4) is 0 Å².